The fraction of sp³-hybridized carbons (Fsp3) is 0.231. The smallest absolute Gasteiger partial charge is 0.0195 e. The van der Waals surface area contributed by atoms with E-state index in [1.807, 2.05) is 6.08 Å². The Bertz CT molecular complexity index is 319. The van der Waals surface area contributed by atoms with Crippen molar-refractivity contribution in [3.63, 3.8) is 0 Å². The summed E-state index contributed by atoms with van der Waals surface area (Å²) in [6, 6.07) is 8.50. The Morgan fingerprint density at radius 1 is 1.38 bits per heavy atom. The molecule has 1 aromatic rings. The SMILES string of the molecule is C=C/C=C(\C)c1ccccc1CC. The minimum absolute atomic E-state index is 1.08. The molecule has 0 spiro atoms. The van der Waals surface area contributed by atoms with Crippen LogP contribution in [0, 0.1) is 0 Å². The molecule has 1 rings (SSSR count). The Morgan fingerprint density at radius 2 is 2.08 bits per heavy atom. The first-order chi connectivity index (χ1) is 6.29. The summed E-state index contributed by atoms with van der Waals surface area (Å²) in [5.41, 5.74) is 4.02. The van der Waals surface area contributed by atoms with Gasteiger partial charge in [-0.1, -0.05) is 49.9 Å². The van der Waals surface area contributed by atoms with Gasteiger partial charge in [-0.2, -0.15) is 0 Å². The molecule has 0 unspecified atom stereocenters. The zero-order valence-electron chi connectivity index (χ0n) is 8.38. The van der Waals surface area contributed by atoms with Crippen molar-refractivity contribution in [1.29, 1.82) is 0 Å². The normalized spacial score (nSPS) is 11.4. The average Bonchev–Trinajstić information content (AvgIpc) is 2.18. The van der Waals surface area contributed by atoms with Gasteiger partial charge in [-0.25, -0.2) is 0 Å². The van der Waals surface area contributed by atoms with Gasteiger partial charge >= 0.3 is 0 Å². The number of hydrogen-bond acceptors (Lipinski definition) is 0. The molecule has 1 aromatic carbocycles. The molecule has 0 nitrogen and oxygen atoms in total. The van der Waals surface area contributed by atoms with E-state index in [0.29, 0.717) is 0 Å². The maximum Gasteiger partial charge on any atom is -0.0195 e. The van der Waals surface area contributed by atoms with Crippen LogP contribution < -0.4 is 0 Å². The Balaban J connectivity index is 3.12. The van der Waals surface area contributed by atoms with Crippen LogP contribution in [0.3, 0.4) is 0 Å². The predicted molar refractivity (Wildman–Crippen MR) is 59.7 cm³/mol. The van der Waals surface area contributed by atoms with E-state index in [1.54, 1.807) is 0 Å². The molecule has 0 aliphatic rings. The number of hydrogen-bond donors (Lipinski definition) is 0. The molecule has 0 atom stereocenters. The lowest BCUT2D eigenvalue weighted by molar-refractivity contribution is 1.13. The Hall–Kier alpha value is -1.30. The summed E-state index contributed by atoms with van der Waals surface area (Å²) in [5.74, 6) is 0. The highest BCUT2D eigenvalue weighted by atomic mass is 14.0. The van der Waals surface area contributed by atoms with Crippen molar-refractivity contribution in [1.82, 2.24) is 0 Å². The Labute approximate surface area is 80.6 Å². The highest BCUT2D eigenvalue weighted by molar-refractivity contribution is 5.67. The van der Waals surface area contributed by atoms with Crippen LogP contribution in [-0.2, 0) is 6.42 Å². The van der Waals surface area contributed by atoms with Crippen LogP contribution in [0.5, 0.6) is 0 Å². The lowest BCUT2D eigenvalue weighted by Gasteiger charge is -2.06. The second-order valence-corrected chi connectivity index (χ2v) is 3.10. The van der Waals surface area contributed by atoms with Gasteiger partial charge in [-0.05, 0) is 30.0 Å². The molecule has 0 aliphatic heterocycles. The summed E-state index contributed by atoms with van der Waals surface area (Å²) >= 11 is 0. The van der Waals surface area contributed by atoms with Crippen molar-refractivity contribution in [2.45, 2.75) is 20.3 Å². The molecule has 0 N–H and O–H groups in total. The van der Waals surface area contributed by atoms with Gasteiger partial charge in [0.05, 0.1) is 0 Å². The first-order valence-corrected chi connectivity index (χ1v) is 4.67. The van der Waals surface area contributed by atoms with Crippen LogP contribution in [0.1, 0.15) is 25.0 Å². The van der Waals surface area contributed by atoms with Crippen molar-refractivity contribution in [2.24, 2.45) is 0 Å². The predicted octanol–water partition coefficient (Wildman–Crippen LogP) is 3.84. The van der Waals surface area contributed by atoms with Crippen molar-refractivity contribution in [2.75, 3.05) is 0 Å². The summed E-state index contributed by atoms with van der Waals surface area (Å²) in [6.07, 6.45) is 4.97. The second kappa shape index (κ2) is 4.66. The minimum Gasteiger partial charge on any atom is -0.0991 e. The zero-order chi connectivity index (χ0) is 9.68. The van der Waals surface area contributed by atoms with E-state index in [0.717, 1.165) is 6.42 Å². The highest BCUT2D eigenvalue weighted by Crippen LogP contribution is 2.18. The topological polar surface area (TPSA) is 0 Å². The van der Waals surface area contributed by atoms with E-state index in [1.165, 1.54) is 16.7 Å². The molecular formula is C13H16. The molecule has 0 saturated heterocycles. The molecular weight excluding hydrogens is 156 g/mol. The van der Waals surface area contributed by atoms with Gasteiger partial charge in [0.1, 0.15) is 0 Å². The fourth-order valence-corrected chi connectivity index (χ4v) is 1.48. The summed E-state index contributed by atoms with van der Waals surface area (Å²) in [7, 11) is 0. The van der Waals surface area contributed by atoms with Gasteiger partial charge in [0.15, 0.2) is 0 Å². The fourth-order valence-electron chi connectivity index (χ4n) is 1.48. The van der Waals surface area contributed by atoms with Gasteiger partial charge in [0.2, 0.25) is 0 Å². The third-order valence-corrected chi connectivity index (χ3v) is 2.19. The molecule has 0 radical (unpaired) electrons. The lowest BCUT2D eigenvalue weighted by Crippen LogP contribution is -1.88. The maximum absolute atomic E-state index is 3.71. The molecule has 0 heteroatoms. The largest absolute Gasteiger partial charge is 0.0991 e. The van der Waals surface area contributed by atoms with Gasteiger partial charge in [-0.15, -0.1) is 0 Å². The molecule has 13 heavy (non-hydrogen) atoms. The third kappa shape index (κ3) is 2.32. The van der Waals surface area contributed by atoms with Crippen LogP contribution in [0.2, 0.25) is 0 Å². The van der Waals surface area contributed by atoms with E-state index in [9.17, 15) is 0 Å². The van der Waals surface area contributed by atoms with Crippen LogP contribution in [0.15, 0.2) is 43.0 Å². The molecule has 0 saturated carbocycles. The van der Waals surface area contributed by atoms with Gasteiger partial charge < -0.3 is 0 Å². The van der Waals surface area contributed by atoms with Crippen LogP contribution >= 0.6 is 0 Å². The number of aryl methyl sites for hydroxylation is 1. The van der Waals surface area contributed by atoms with Gasteiger partial charge in [0.25, 0.3) is 0 Å². The van der Waals surface area contributed by atoms with E-state index >= 15 is 0 Å². The van der Waals surface area contributed by atoms with E-state index < -0.39 is 0 Å². The Kier molecular flexibility index (Phi) is 3.51. The summed E-state index contributed by atoms with van der Waals surface area (Å²) < 4.78 is 0. The molecule has 0 bridgehead atoms. The highest BCUT2D eigenvalue weighted by Gasteiger charge is 1.99. The summed E-state index contributed by atoms with van der Waals surface area (Å²) in [6.45, 7) is 8.01. The molecule has 0 aromatic heterocycles. The lowest BCUT2D eigenvalue weighted by atomic mass is 9.99. The quantitative estimate of drug-likeness (QED) is 0.608. The van der Waals surface area contributed by atoms with Crippen molar-refractivity contribution < 1.29 is 0 Å². The molecule has 0 aliphatic carbocycles. The zero-order valence-corrected chi connectivity index (χ0v) is 8.38. The van der Waals surface area contributed by atoms with Crippen LogP contribution in [0.4, 0.5) is 0 Å². The number of allylic oxidation sites excluding steroid dienone is 3. The van der Waals surface area contributed by atoms with E-state index in [2.05, 4.69) is 50.8 Å². The van der Waals surface area contributed by atoms with Gasteiger partial charge in [-0.3, -0.25) is 0 Å². The van der Waals surface area contributed by atoms with Crippen molar-refractivity contribution >= 4 is 5.57 Å². The molecule has 0 fully saturated rings. The monoisotopic (exact) mass is 172 g/mol. The van der Waals surface area contributed by atoms with E-state index in [4.69, 9.17) is 0 Å². The molecule has 68 valence electrons. The summed E-state index contributed by atoms with van der Waals surface area (Å²) in [5, 5.41) is 0. The Morgan fingerprint density at radius 3 is 2.69 bits per heavy atom. The van der Waals surface area contributed by atoms with Crippen molar-refractivity contribution in [3.8, 4) is 0 Å². The third-order valence-electron chi connectivity index (χ3n) is 2.19. The van der Waals surface area contributed by atoms with Crippen LogP contribution in [0.25, 0.3) is 5.57 Å². The average molecular weight is 172 g/mol. The van der Waals surface area contributed by atoms with Gasteiger partial charge in [0, 0.05) is 0 Å². The minimum atomic E-state index is 1.08. The standard InChI is InChI=1S/C13H16/c1-4-8-11(3)13-10-7-6-9-12(13)5-2/h4,6-10H,1,5H2,2-3H3/b11-8+. The number of benzene rings is 1. The first kappa shape index (κ1) is 9.79. The number of rotatable bonds is 3. The van der Waals surface area contributed by atoms with E-state index in [-0.39, 0.29) is 0 Å². The molecule has 0 amide bonds. The second-order valence-electron chi connectivity index (χ2n) is 3.10. The van der Waals surface area contributed by atoms with Crippen molar-refractivity contribution in [3.05, 3.63) is 54.1 Å². The molecule has 0 heterocycles. The van der Waals surface area contributed by atoms with Crippen LogP contribution in [-0.4, -0.2) is 0 Å². The first-order valence-electron chi connectivity index (χ1n) is 4.67. The maximum atomic E-state index is 3.71. The summed E-state index contributed by atoms with van der Waals surface area (Å²) in [4.78, 5) is 0.